The van der Waals surface area contributed by atoms with Gasteiger partial charge in [-0.25, -0.2) is 4.68 Å². The summed E-state index contributed by atoms with van der Waals surface area (Å²) in [4.78, 5) is 2.51. The molecule has 0 N–H and O–H groups in total. The highest BCUT2D eigenvalue weighted by atomic mass is 32.1. The van der Waals surface area contributed by atoms with Crippen LogP contribution in [-0.2, 0) is 19.1 Å². The number of ether oxygens (including phenoxy) is 2. The number of hydrogen-bond acceptors (Lipinski definition) is 6. The Balaban J connectivity index is 1.39. The van der Waals surface area contributed by atoms with Gasteiger partial charge >= 0.3 is 0 Å². The molecule has 8 heteroatoms. The zero-order chi connectivity index (χ0) is 21.9. The molecule has 1 spiro atoms. The summed E-state index contributed by atoms with van der Waals surface area (Å²) < 4.78 is 22.0. The summed E-state index contributed by atoms with van der Waals surface area (Å²) in [5, 5.41) is 4.82. The van der Waals surface area contributed by atoms with Gasteiger partial charge in [0.05, 0.1) is 12.9 Å². The molecule has 3 aromatic rings. The van der Waals surface area contributed by atoms with Gasteiger partial charge in [-0.1, -0.05) is 12.8 Å². The molecule has 1 fully saturated rings. The van der Waals surface area contributed by atoms with E-state index in [4.69, 9.17) is 31.2 Å². The highest BCUT2D eigenvalue weighted by molar-refractivity contribution is 7.71. The van der Waals surface area contributed by atoms with Crippen molar-refractivity contribution in [3.63, 3.8) is 0 Å². The van der Waals surface area contributed by atoms with Gasteiger partial charge in [0.15, 0.2) is 27.9 Å². The van der Waals surface area contributed by atoms with Crippen LogP contribution in [0.2, 0.25) is 0 Å². The molecular weight excluding hydrogens is 424 g/mol. The number of fused-ring (bicyclic) bond motifs is 3. The average Bonchev–Trinajstić information content (AvgIpc) is 3.55. The summed E-state index contributed by atoms with van der Waals surface area (Å²) in [6.07, 6.45) is 6.60. The van der Waals surface area contributed by atoms with Crippen molar-refractivity contribution < 1.29 is 13.9 Å². The molecule has 1 saturated carbocycles. The van der Waals surface area contributed by atoms with E-state index in [1.807, 2.05) is 28.4 Å². The van der Waals surface area contributed by atoms with Gasteiger partial charge in [0.1, 0.15) is 13.2 Å². The van der Waals surface area contributed by atoms with Crippen molar-refractivity contribution in [3.8, 4) is 23.1 Å². The van der Waals surface area contributed by atoms with Crippen molar-refractivity contribution in [3.05, 3.63) is 46.4 Å². The van der Waals surface area contributed by atoms with Crippen LogP contribution in [0.15, 0.2) is 34.9 Å². The number of benzene rings is 1. The molecule has 2 aliphatic heterocycles. The van der Waals surface area contributed by atoms with Crippen LogP contribution in [0.1, 0.15) is 49.8 Å². The smallest absolute Gasteiger partial charge is 0.199 e. The summed E-state index contributed by atoms with van der Waals surface area (Å²) in [7, 11) is 1.95. The van der Waals surface area contributed by atoms with Crippen LogP contribution in [0.25, 0.3) is 11.6 Å². The van der Waals surface area contributed by atoms with E-state index < -0.39 is 0 Å². The summed E-state index contributed by atoms with van der Waals surface area (Å²) in [5.41, 5.74) is 2.94. The Morgan fingerprint density at radius 2 is 1.91 bits per heavy atom. The molecule has 0 unspecified atom stereocenters. The summed E-state index contributed by atoms with van der Waals surface area (Å²) in [5.74, 6) is 3.24. The second kappa shape index (κ2) is 7.49. The third-order valence-electron chi connectivity index (χ3n) is 7.45. The minimum Gasteiger partial charge on any atom is -0.486 e. The molecule has 1 atom stereocenters. The Hall–Kier alpha value is -2.58. The fourth-order valence-corrected chi connectivity index (χ4v) is 5.93. The Kier molecular flexibility index (Phi) is 4.69. The highest BCUT2D eigenvalue weighted by Gasteiger charge is 2.45. The quantitative estimate of drug-likeness (QED) is 0.531. The first-order valence-corrected chi connectivity index (χ1v) is 11.8. The van der Waals surface area contributed by atoms with Gasteiger partial charge in [0, 0.05) is 25.0 Å². The maximum Gasteiger partial charge on any atom is 0.199 e. The molecule has 4 heterocycles. The maximum absolute atomic E-state index is 5.94. The van der Waals surface area contributed by atoms with E-state index in [9.17, 15) is 0 Å². The molecule has 168 valence electrons. The minimum atomic E-state index is 0.151. The molecular formula is C24H28N4O3S. The molecule has 32 heavy (non-hydrogen) atoms. The van der Waals surface area contributed by atoms with Gasteiger partial charge in [-0.05, 0) is 67.4 Å². The van der Waals surface area contributed by atoms with Gasteiger partial charge in [0.25, 0.3) is 0 Å². The van der Waals surface area contributed by atoms with Crippen LogP contribution >= 0.6 is 12.2 Å². The first kappa shape index (κ1) is 20.1. The van der Waals surface area contributed by atoms with E-state index in [2.05, 4.69) is 24.0 Å². The first-order chi connectivity index (χ1) is 15.6. The predicted octanol–water partition coefficient (Wildman–Crippen LogP) is 4.83. The minimum absolute atomic E-state index is 0.151. The molecule has 0 saturated heterocycles. The van der Waals surface area contributed by atoms with E-state index >= 15 is 0 Å². The van der Waals surface area contributed by atoms with Crippen molar-refractivity contribution in [2.45, 2.75) is 50.7 Å². The van der Waals surface area contributed by atoms with Crippen LogP contribution in [0.3, 0.4) is 0 Å². The predicted molar refractivity (Wildman–Crippen MR) is 122 cm³/mol. The second-order valence-corrected chi connectivity index (χ2v) is 9.64. The molecule has 6 rings (SSSR count). The molecule has 3 aliphatic rings. The lowest BCUT2D eigenvalue weighted by atomic mass is 9.71. The Labute approximate surface area is 192 Å². The van der Waals surface area contributed by atoms with Gasteiger partial charge in [-0.3, -0.25) is 4.90 Å². The van der Waals surface area contributed by atoms with Crippen LogP contribution in [-0.4, -0.2) is 39.0 Å². The number of hydrogen-bond donors (Lipinski definition) is 0. The van der Waals surface area contributed by atoms with Crippen molar-refractivity contribution in [1.82, 2.24) is 19.2 Å². The lowest BCUT2D eigenvalue weighted by Crippen LogP contribution is -2.46. The van der Waals surface area contributed by atoms with E-state index in [1.165, 1.54) is 36.8 Å². The SMILES string of the molecule is C[C@@H]1c2cc3c(cc2C2(CCCC2)CN1Cn1nc(-c2ccco2)n(C)c1=S)OCCO3. The van der Waals surface area contributed by atoms with Gasteiger partial charge in [-0.15, -0.1) is 5.10 Å². The van der Waals surface area contributed by atoms with E-state index in [0.717, 1.165) is 29.6 Å². The first-order valence-electron chi connectivity index (χ1n) is 11.4. The molecule has 0 radical (unpaired) electrons. The normalized spacial score (nSPS) is 21.8. The standard InChI is InChI=1S/C24H28N4O3S/c1-16-17-12-20-21(31-11-10-30-20)13-18(17)24(7-3-4-8-24)14-27(16)15-28-23(32)26(2)22(25-28)19-6-5-9-29-19/h5-6,9,12-13,16H,3-4,7-8,10-11,14-15H2,1-2H3/t16-/m1/s1. The van der Waals surface area contributed by atoms with E-state index in [-0.39, 0.29) is 11.5 Å². The lowest BCUT2D eigenvalue weighted by molar-refractivity contribution is 0.0930. The maximum atomic E-state index is 5.94. The molecule has 1 aromatic carbocycles. The zero-order valence-electron chi connectivity index (χ0n) is 18.5. The molecule has 0 bridgehead atoms. The van der Waals surface area contributed by atoms with Crippen LogP contribution in [0, 0.1) is 4.77 Å². The number of rotatable bonds is 3. The summed E-state index contributed by atoms with van der Waals surface area (Å²) >= 11 is 5.74. The molecule has 1 aliphatic carbocycles. The fraction of sp³-hybridized carbons (Fsp3) is 0.500. The van der Waals surface area contributed by atoms with Crippen LogP contribution in [0.4, 0.5) is 0 Å². The zero-order valence-corrected chi connectivity index (χ0v) is 19.4. The Bertz CT molecular complexity index is 1210. The number of furan rings is 1. The topological polar surface area (TPSA) is 57.6 Å². The lowest BCUT2D eigenvalue weighted by Gasteiger charge is -2.46. The molecule has 0 amide bonds. The van der Waals surface area contributed by atoms with Crippen LogP contribution < -0.4 is 9.47 Å². The number of aromatic nitrogens is 3. The van der Waals surface area contributed by atoms with Crippen molar-refractivity contribution in [1.29, 1.82) is 0 Å². The monoisotopic (exact) mass is 452 g/mol. The molecule has 2 aromatic heterocycles. The Morgan fingerprint density at radius 1 is 1.16 bits per heavy atom. The largest absolute Gasteiger partial charge is 0.486 e. The van der Waals surface area contributed by atoms with Crippen molar-refractivity contribution >= 4 is 12.2 Å². The van der Waals surface area contributed by atoms with E-state index in [1.54, 1.807) is 6.26 Å². The summed E-state index contributed by atoms with van der Waals surface area (Å²) in [6.45, 7) is 5.14. The van der Waals surface area contributed by atoms with Gasteiger partial charge in [0.2, 0.25) is 0 Å². The van der Waals surface area contributed by atoms with Crippen molar-refractivity contribution in [2.75, 3.05) is 19.8 Å². The fourth-order valence-electron chi connectivity index (χ4n) is 5.74. The summed E-state index contributed by atoms with van der Waals surface area (Å²) in [6, 6.07) is 8.50. The third-order valence-corrected chi connectivity index (χ3v) is 7.93. The Morgan fingerprint density at radius 3 is 2.62 bits per heavy atom. The number of nitrogens with zero attached hydrogens (tertiary/aromatic N) is 4. The van der Waals surface area contributed by atoms with Crippen molar-refractivity contribution in [2.24, 2.45) is 7.05 Å². The van der Waals surface area contributed by atoms with Crippen LogP contribution in [0.5, 0.6) is 11.5 Å². The highest BCUT2D eigenvalue weighted by Crippen LogP contribution is 2.52. The van der Waals surface area contributed by atoms with E-state index in [0.29, 0.717) is 24.7 Å². The molecule has 7 nitrogen and oxygen atoms in total. The third kappa shape index (κ3) is 3.03. The average molecular weight is 453 g/mol. The van der Waals surface area contributed by atoms with Gasteiger partial charge in [-0.2, -0.15) is 0 Å². The second-order valence-electron chi connectivity index (χ2n) is 9.28. The van der Waals surface area contributed by atoms with Gasteiger partial charge < -0.3 is 18.5 Å².